The summed E-state index contributed by atoms with van der Waals surface area (Å²) in [5, 5.41) is 8.37. The fourth-order valence-corrected chi connectivity index (χ4v) is 2.11. The predicted octanol–water partition coefficient (Wildman–Crippen LogP) is 1.28. The summed E-state index contributed by atoms with van der Waals surface area (Å²) < 4.78 is 5.43. The highest BCUT2D eigenvalue weighted by Crippen LogP contribution is 2.52. The van der Waals surface area contributed by atoms with Crippen LogP contribution in [-0.2, 0) is 9.53 Å². The Morgan fingerprint density at radius 2 is 2.00 bits per heavy atom. The third-order valence-corrected chi connectivity index (χ3v) is 2.87. The van der Waals surface area contributed by atoms with Gasteiger partial charge in [0.2, 0.25) is 0 Å². The SMILES string of the molecule is O=C(O)CCOC1C[C@@H]2C[C@@H]2C1. The maximum atomic E-state index is 10.2. The second-order valence-corrected chi connectivity index (χ2v) is 3.86. The van der Waals surface area contributed by atoms with Gasteiger partial charge in [-0.05, 0) is 31.1 Å². The minimum atomic E-state index is -0.766. The summed E-state index contributed by atoms with van der Waals surface area (Å²) in [6.07, 6.45) is 4.24. The topological polar surface area (TPSA) is 46.5 Å². The quantitative estimate of drug-likeness (QED) is 0.691. The normalized spacial score (nSPS) is 37.8. The lowest BCUT2D eigenvalue weighted by atomic mass is 10.2. The number of hydrogen-bond donors (Lipinski definition) is 1. The minimum Gasteiger partial charge on any atom is -0.481 e. The first-order valence-corrected chi connectivity index (χ1v) is 4.59. The molecule has 3 atom stereocenters. The van der Waals surface area contributed by atoms with Gasteiger partial charge in [0.05, 0.1) is 19.1 Å². The lowest BCUT2D eigenvalue weighted by molar-refractivity contribution is -0.138. The number of fused-ring (bicyclic) bond motifs is 1. The van der Waals surface area contributed by atoms with Crippen LogP contribution in [0.25, 0.3) is 0 Å². The van der Waals surface area contributed by atoms with Gasteiger partial charge in [-0.25, -0.2) is 0 Å². The van der Waals surface area contributed by atoms with E-state index in [4.69, 9.17) is 9.84 Å². The summed E-state index contributed by atoms with van der Waals surface area (Å²) in [6, 6.07) is 0. The number of carboxylic acid groups (broad SMARTS) is 1. The highest BCUT2D eigenvalue weighted by atomic mass is 16.5. The Balaban J connectivity index is 1.58. The van der Waals surface area contributed by atoms with Gasteiger partial charge in [0.15, 0.2) is 0 Å². The Bertz CT molecular complexity index is 180. The second kappa shape index (κ2) is 3.05. The molecule has 2 aliphatic rings. The molecule has 0 aromatic rings. The summed E-state index contributed by atoms with van der Waals surface area (Å²) in [7, 11) is 0. The molecular formula is C9H14O3. The van der Waals surface area contributed by atoms with Crippen molar-refractivity contribution in [2.24, 2.45) is 11.8 Å². The van der Waals surface area contributed by atoms with Crippen LogP contribution < -0.4 is 0 Å². The van der Waals surface area contributed by atoms with Crippen molar-refractivity contribution in [2.75, 3.05) is 6.61 Å². The maximum absolute atomic E-state index is 10.2. The predicted molar refractivity (Wildman–Crippen MR) is 42.8 cm³/mol. The molecule has 2 fully saturated rings. The van der Waals surface area contributed by atoms with E-state index in [1.807, 2.05) is 0 Å². The van der Waals surface area contributed by atoms with Crippen molar-refractivity contribution in [3.8, 4) is 0 Å². The van der Waals surface area contributed by atoms with E-state index in [-0.39, 0.29) is 6.42 Å². The van der Waals surface area contributed by atoms with Gasteiger partial charge in [-0.2, -0.15) is 0 Å². The summed E-state index contributed by atoms with van der Waals surface area (Å²) in [5.74, 6) is 1.07. The van der Waals surface area contributed by atoms with Crippen molar-refractivity contribution >= 4 is 5.97 Å². The number of hydrogen-bond acceptors (Lipinski definition) is 2. The smallest absolute Gasteiger partial charge is 0.305 e. The average molecular weight is 170 g/mol. The van der Waals surface area contributed by atoms with Crippen LogP contribution in [0.1, 0.15) is 25.7 Å². The van der Waals surface area contributed by atoms with Crippen molar-refractivity contribution in [1.29, 1.82) is 0 Å². The minimum absolute atomic E-state index is 0.145. The molecule has 3 heteroatoms. The first-order valence-electron chi connectivity index (χ1n) is 4.59. The van der Waals surface area contributed by atoms with E-state index in [0.29, 0.717) is 12.7 Å². The maximum Gasteiger partial charge on any atom is 0.305 e. The molecule has 68 valence electrons. The van der Waals surface area contributed by atoms with E-state index in [1.165, 1.54) is 19.3 Å². The number of ether oxygens (including phenoxy) is 1. The molecule has 0 saturated heterocycles. The van der Waals surface area contributed by atoms with E-state index >= 15 is 0 Å². The van der Waals surface area contributed by atoms with Crippen molar-refractivity contribution in [2.45, 2.75) is 31.8 Å². The molecule has 0 radical (unpaired) electrons. The molecular weight excluding hydrogens is 156 g/mol. The largest absolute Gasteiger partial charge is 0.481 e. The average Bonchev–Trinajstić information content (AvgIpc) is 2.59. The fraction of sp³-hybridized carbons (Fsp3) is 0.889. The number of aliphatic carboxylic acids is 1. The van der Waals surface area contributed by atoms with Crippen LogP contribution in [-0.4, -0.2) is 23.8 Å². The third kappa shape index (κ3) is 1.78. The highest BCUT2D eigenvalue weighted by molar-refractivity contribution is 5.66. The van der Waals surface area contributed by atoms with Crippen molar-refractivity contribution in [3.63, 3.8) is 0 Å². The number of carboxylic acids is 1. The van der Waals surface area contributed by atoms with Gasteiger partial charge in [-0.15, -0.1) is 0 Å². The van der Waals surface area contributed by atoms with Crippen LogP contribution in [0.2, 0.25) is 0 Å². The molecule has 2 saturated carbocycles. The van der Waals surface area contributed by atoms with Crippen LogP contribution in [0.5, 0.6) is 0 Å². The van der Waals surface area contributed by atoms with Gasteiger partial charge >= 0.3 is 5.97 Å². The van der Waals surface area contributed by atoms with E-state index in [9.17, 15) is 4.79 Å². The molecule has 0 aromatic heterocycles. The highest BCUT2D eigenvalue weighted by Gasteiger charge is 2.46. The van der Waals surface area contributed by atoms with Crippen molar-refractivity contribution < 1.29 is 14.6 Å². The fourth-order valence-electron chi connectivity index (χ4n) is 2.11. The molecule has 0 heterocycles. The molecule has 0 amide bonds. The van der Waals surface area contributed by atoms with Crippen molar-refractivity contribution in [1.82, 2.24) is 0 Å². The monoisotopic (exact) mass is 170 g/mol. The third-order valence-electron chi connectivity index (χ3n) is 2.87. The Morgan fingerprint density at radius 3 is 2.58 bits per heavy atom. The number of rotatable bonds is 4. The Labute approximate surface area is 71.7 Å². The van der Waals surface area contributed by atoms with Gasteiger partial charge in [0, 0.05) is 0 Å². The Morgan fingerprint density at radius 1 is 1.33 bits per heavy atom. The molecule has 3 nitrogen and oxygen atoms in total. The lowest BCUT2D eigenvalue weighted by Crippen LogP contribution is -2.13. The molecule has 0 spiro atoms. The molecule has 1 unspecified atom stereocenters. The Hall–Kier alpha value is -0.570. The molecule has 2 aliphatic carbocycles. The molecule has 0 bridgehead atoms. The second-order valence-electron chi connectivity index (χ2n) is 3.86. The number of carbonyl (C=O) groups is 1. The summed E-state index contributed by atoms with van der Waals surface area (Å²) in [6.45, 7) is 0.388. The standard InChI is InChI=1S/C9H14O3/c10-9(11)1-2-12-8-4-6-3-7(6)5-8/h6-8H,1-5H2,(H,10,11)/t6-,7+,8?. The molecule has 1 N–H and O–H groups in total. The Kier molecular flexibility index (Phi) is 2.05. The van der Waals surface area contributed by atoms with Crippen LogP contribution in [0.15, 0.2) is 0 Å². The molecule has 12 heavy (non-hydrogen) atoms. The van der Waals surface area contributed by atoms with E-state index in [2.05, 4.69) is 0 Å². The van der Waals surface area contributed by atoms with E-state index < -0.39 is 5.97 Å². The van der Waals surface area contributed by atoms with Crippen LogP contribution in [0.3, 0.4) is 0 Å². The van der Waals surface area contributed by atoms with Crippen LogP contribution >= 0.6 is 0 Å². The first-order chi connectivity index (χ1) is 5.75. The van der Waals surface area contributed by atoms with E-state index in [0.717, 1.165) is 11.8 Å². The zero-order chi connectivity index (χ0) is 8.55. The summed E-state index contributed by atoms with van der Waals surface area (Å²) in [4.78, 5) is 10.2. The zero-order valence-electron chi connectivity index (χ0n) is 7.03. The van der Waals surface area contributed by atoms with Crippen LogP contribution in [0.4, 0.5) is 0 Å². The summed E-state index contributed by atoms with van der Waals surface area (Å²) >= 11 is 0. The van der Waals surface area contributed by atoms with Gasteiger partial charge in [-0.1, -0.05) is 0 Å². The van der Waals surface area contributed by atoms with Gasteiger partial charge in [-0.3, -0.25) is 4.79 Å². The zero-order valence-corrected chi connectivity index (χ0v) is 7.03. The lowest BCUT2D eigenvalue weighted by Gasteiger charge is -2.11. The summed E-state index contributed by atoms with van der Waals surface area (Å²) in [5.41, 5.74) is 0. The molecule has 0 aliphatic heterocycles. The molecule has 0 aromatic carbocycles. The van der Waals surface area contributed by atoms with Crippen molar-refractivity contribution in [3.05, 3.63) is 0 Å². The van der Waals surface area contributed by atoms with Gasteiger partial charge < -0.3 is 9.84 Å². The molecule has 2 rings (SSSR count). The van der Waals surface area contributed by atoms with E-state index in [1.54, 1.807) is 0 Å². The van der Waals surface area contributed by atoms with Gasteiger partial charge in [0.25, 0.3) is 0 Å². The first kappa shape index (κ1) is 8.05. The van der Waals surface area contributed by atoms with Gasteiger partial charge in [0.1, 0.15) is 0 Å². The van der Waals surface area contributed by atoms with Crippen LogP contribution in [0, 0.1) is 11.8 Å².